The second kappa shape index (κ2) is 10.1. The van der Waals surface area contributed by atoms with Gasteiger partial charge in [0.05, 0.1) is 23.1 Å². The number of halogens is 1. The third kappa shape index (κ3) is 5.08. The fraction of sp³-hybridized carbons (Fsp3) is 0.250. The van der Waals surface area contributed by atoms with Crippen LogP contribution < -0.4 is 20.3 Å². The minimum Gasteiger partial charge on any atom is -0.436 e. The topological polar surface area (TPSA) is 110 Å². The Morgan fingerprint density at radius 2 is 1.82 bits per heavy atom. The highest BCUT2D eigenvalue weighted by molar-refractivity contribution is 6.30. The fourth-order valence-corrected chi connectivity index (χ4v) is 5.23. The number of benzene rings is 2. The van der Waals surface area contributed by atoms with Crippen LogP contribution in [-0.2, 0) is 0 Å². The molecule has 0 bridgehead atoms. The second-order valence-electron chi connectivity index (χ2n) is 9.82. The number of aromatic nitrogens is 5. The summed E-state index contributed by atoms with van der Waals surface area (Å²) in [5.41, 5.74) is 3.88. The maximum Gasteiger partial charge on any atom is 0.265 e. The Morgan fingerprint density at radius 1 is 1.05 bits per heavy atom. The highest BCUT2D eigenvalue weighted by atomic mass is 35.5. The van der Waals surface area contributed by atoms with Crippen molar-refractivity contribution in [1.82, 2.24) is 29.7 Å². The fourth-order valence-electron chi connectivity index (χ4n) is 5.05. The molecular formula is C28H27ClN8O2. The standard InChI is InChI=1S/C28H27ClN8O2/c1-16-12-36(13-17(2)32-16)22-8-7-21(24-25(22)31-10-9-30-24)27(38)34-23-15-37-14-18(3)33-26(37)28(35-23)39-20-6-4-5-19(29)11-20/h4-11,14-17,32H,12-13H2,1-3H3,(H,34,38)/t16-,17-/m0/s1. The number of nitrogens with zero attached hydrogens (tertiary/aromatic N) is 6. The number of amides is 1. The molecular weight excluding hydrogens is 516 g/mol. The molecule has 11 heteroatoms. The predicted octanol–water partition coefficient (Wildman–Crippen LogP) is 4.87. The number of nitrogens with one attached hydrogen (secondary N) is 2. The molecule has 1 fully saturated rings. The van der Waals surface area contributed by atoms with E-state index in [0.29, 0.717) is 50.9 Å². The molecule has 0 radical (unpaired) electrons. The van der Waals surface area contributed by atoms with E-state index >= 15 is 0 Å². The van der Waals surface area contributed by atoms with Crippen molar-refractivity contribution in [1.29, 1.82) is 0 Å². The number of piperazine rings is 1. The molecule has 1 saturated heterocycles. The molecule has 0 spiro atoms. The Bertz CT molecular complexity index is 1690. The van der Waals surface area contributed by atoms with Gasteiger partial charge in [0, 0.05) is 48.8 Å². The van der Waals surface area contributed by atoms with Crippen molar-refractivity contribution >= 4 is 45.7 Å². The molecule has 2 N–H and O–H groups in total. The van der Waals surface area contributed by atoms with Gasteiger partial charge in [-0.3, -0.25) is 19.2 Å². The summed E-state index contributed by atoms with van der Waals surface area (Å²) in [5.74, 6) is 0.693. The van der Waals surface area contributed by atoms with Gasteiger partial charge in [-0.25, -0.2) is 4.98 Å². The van der Waals surface area contributed by atoms with Crippen LogP contribution in [0.5, 0.6) is 11.6 Å². The van der Waals surface area contributed by atoms with Gasteiger partial charge in [-0.2, -0.15) is 4.98 Å². The van der Waals surface area contributed by atoms with Crippen molar-refractivity contribution in [3.8, 4) is 11.6 Å². The first kappa shape index (κ1) is 25.0. The van der Waals surface area contributed by atoms with Gasteiger partial charge < -0.3 is 20.3 Å². The normalized spacial score (nSPS) is 17.5. The summed E-state index contributed by atoms with van der Waals surface area (Å²) in [4.78, 5) is 34.1. The molecule has 6 rings (SSSR count). The SMILES string of the molecule is Cc1cn2cc(NC(=O)c3ccc(N4C[C@H](C)N[C@@H](C)C4)c4nccnc34)nc(Oc3cccc(Cl)c3)c2n1. The molecule has 3 aromatic heterocycles. The first-order chi connectivity index (χ1) is 18.8. The molecule has 2 atom stereocenters. The quantitative estimate of drug-likeness (QED) is 0.324. The molecule has 1 aliphatic rings. The maximum atomic E-state index is 13.5. The van der Waals surface area contributed by atoms with Gasteiger partial charge in [0.2, 0.25) is 5.65 Å². The Labute approximate surface area is 230 Å². The number of rotatable bonds is 5. The highest BCUT2D eigenvalue weighted by Gasteiger charge is 2.25. The molecule has 0 unspecified atom stereocenters. The van der Waals surface area contributed by atoms with E-state index in [-0.39, 0.29) is 11.8 Å². The van der Waals surface area contributed by atoms with Crippen LogP contribution >= 0.6 is 11.6 Å². The third-order valence-electron chi connectivity index (χ3n) is 6.53. The first-order valence-corrected chi connectivity index (χ1v) is 13.1. The average molecular weight is 543 g/mol. The number of carbonyl (C=O) groups is 1. The first-order valence-electron chi connectivity index (χ1n) is 12.7. The molecule has 1 aliphatic heterocycles. The van der Waals surface area contributed by atoms with E-state index in [1.807, 2.05) is 19.2 Å². The van der Waals surface area contributed by atoms with Crippen molar-refractivity contribution in [3.63, 3.8) is 0 Å². The monoisotopic (exact) mass is 542 g/mol. The Kier molecular flexibility index (Phi) is 6.49. The van der Waals surface area contributed by atoms with Gasteiger partial charge in [0.15, 0.2) is 5.82 Å². The van der Waals surface area contributed by atoms with Crippen LogP contribution in [-0.4, -0.2) is 55.4 Å². The summed E-state index contributed by atoms with van der Waals surface area (Å²) in [7, 11) is 0. The molecule has 198 valence electrons. The number of imidazole rings is 1. The van der Waals surface area contributed by atoms with Gasteiger partial charge in [0.25, 0.3) is 11.8 Å². The maximum absolute atomic E-state index is 13.5. The zero-order valence-corrected chi connectivity index (χ0v) is 22.5. The van der Waals surface area contributed by atoms with Crippen molar-refractivity contribution in [2.24, 2.45) is 0 Å². The van der Waals surface area contributed by atoms with Crippen LogP contribution in [0.3, 0.4) is 0 Å². The van der Waals surface area contributed by atoms with E-state index in [0.717, 1.165) is 24.5 Å². The lowest BCUT2D eigenvalue weighted by Crippen LogP contribution is -2.54. The lowest BCUT2D eigenvalue weighted by molar-refractivity contribution is 0.102. The number of fused-ring (bicyclic) bond motifs is 2. The van der Waals surface area contributed by atoms with Gasteiger partial charge in [0.1, 0.15) is 16.8 Å². The van der Waals surface area contributed by atoms with E-state index in [1.54, 1.807) is 53.3 Å². The van der Waals surface area contributed by atoms with E-state index < -0.39 is 0 Å². The molecule has 0 aliphatic carbocycles. The average Bonchev–Trinajstić information content (AvgIpc) is 3.28. The lowest BCUT2D eigenvalue weighted by Gasteiger charge is -2.38. The van der Waals surface area contributed by atoms with Crippen LogP contribution in [0, 0.1) is 6.92 Å². The molecule has 5 aromatic rings. The van der Waals surface area contributed by atoms with Crippen LogP contribution in [0.15, 0.2) is 61.2 Å². The minimum absolute atomic E-state index is 0.241. The van der Waals surface area contributed by atoms with Crippen LogP contribution in [0.1, 0.15) is 29.9 Å². The van der Waals surface area contributed by atoms with Gasteiger partial charge >= 0.3 is 0 Å². The van der Waals surface area contributed by atoms with Crippen LogP contribution in [0.25, 0.3) is 16.7 Å². The zero-order chi connectivity index (χ0) is 27.1. The molecule has 4 heterocycles. The Morgan fingerprint density at radius 3 is 2.59 bits per heavy atom. The summed E-state index contributed by atoms with van der Waals surface area (Å²) in [6, 6.07) is 11.4. The summed E-state index contributed by atoms with van der Waals surface area (Å²) in [6.45, 7) is 7.87. The van der Waals surface area contributed by atoms with Crippen molar-refractivity contribution < 1.29 is 9.53 Å². The smallest absolute Gasteiger partial charge is 0.265 e. The Balaban J connectivity index is 1.34. The van der Waals surface area contributed by atoms with Crippen molar-refractivity contribution in [2.75, 3.05) is 23.3 Å². The minimum atomic E-state index is -0.355. The summed E-state index contributed by atoms with van der Waals surface area (Å²) in [5, 5.41) is 6.99. The van der Waals surface area contributed by atoms with Crippen LogP contribution in [0.2, 0.25) is 5.02 Å². The number of hydrogen-bond donors (Lipinski definition) is 2. The zero-order valence-electron chi connectivity index (χ0n) is 21.7. The number of ether oxygens (including phenoxy) is 1. The largest absolute Gasteiger partial charge is 0.436 e. The van der Waals surface area contributed by atoms with Gasteiger partial charge in [-0.15, -0.1) is 0 Å². The van der Waals surface area contributed by atoms with Crippen molar-refractivity contribution in [2.45, 2.75) is 32.9 Å². The van der Waals surface area contributed by atoms with Gasteiger partial charge in [-0.05, 0) is 51.1 Å². The predicted molar refractivity (Wildman–Crippen MR) is 151 cm³/mol. The number of anilines is 2. The van der Waals surface area contributed by atoms with Crippen molar-refractivity contribution in [3.05, 3.63) is 77.5 Å². The van der Waals surface area contributed by atoms with E-state index in [1.165, 1.54) is 0 Å². The summed E-state index contributed by atoms with van der Waals surface area (Å²) in [6.07, 6.45) is 6.78. The van der Waals surface area contributed by atoms with Gasteiger partial charge in [-0.1, -0.05) is 17.7 Å². The molecule has 39 heavy (non-hydrogen) atoms. The lowest BCUT2D eigenvalue weighted by atomic mass is 10.1. The summed E-state index contributed by atoms with van der Waals surface area (Å²) < 4.78 is 7.79. The number of hydrogen-bond acceptors (Lipinski definition) is 8. The highest BCUT2D eigenvalue weighted by Crippen LogP contribution is 2.30. The molecule has 0 saturated carbocycles. The van der Waals surface area contributed by atoms with E-state index in [2.05, 4.69) is 49.3 Å². The number of carbonyl (C=O) groups excluding carboxylic acids is 1. The Hall–Kier alpha value is -4.28. The van der Waals surface area contributed by atoms with Crippen LogP contribution in [0.4, 0.5) is 11.5 Å². The molecule has 10 nitrogen and oxygen atoms in total. The van der Waals surface area contributed by atoms with E-state index in [4.69, 9.17) is 16.3 Å². The summed E-state index contributed by atoms with van der Waals surface area (Å²) >= 11 is 6.13. The van der Waals surface area contributed by atoms with E-state index in [9.17, 15) is 4.79 Å². The number of aryl methyl sites for hydroxylation is 1. The molecule has 2 aromatic carbocycles. The third-order valence-corrected chi connectivity index (χ3v) is 6.76. The molecule has 1 amide bonds. The second-order valence-corrected chi connectivity index (χ2v) is 10.3.